The third-order valence-corrected chi connectivity index (χ3v) is 5.19. The zero-order valence-electron chi connectivity index (χ0n) is 18.6. The molecule has 0 saturated heterocycles. The van der Waals surface area contributed by atoms with Crippen LogP contribution in [0.25, 0.3) is 0 Å². The Morgan fingerprint density at radius 3 is 2.31 bits per heavy atom. The summed E-state index contributed by atoms with van der Waals surface area (Å²) >= 11 is 6.28. The molecule has 0 bridgehead atoms. The largest absolute Gasteiger partial charge is 0.508 e. The van der Waals surface area contributed by atoms with Gasteiger partial charge in [-0.3, -0.25) is 4.79 Å². The number of benzene rings is 2. The maximum Gasteiger partial charge on any atom is 0.223 e. The summed E-state index contributed by atoms with van der Waals surface area (Å²) in [5.74, 6) is 0.247. The minimum Gasteiger partial charge on any atom is -0.508 e. The van der Waals surface area contributed by atoms with Crippen molar-refractivity contribution in [2.75, 3.05) is 6.54 Å². The van der Waals surface area contributed by atoms with Crippen LogP contribution in [-0.4, -0.2) is 22.5 Å². The standard InChI is InChI=1S/C25H34ClNO2/c1-24(2,3)17-27(16-19-11-12-21(28)15-22(19)26)23(29)13-10-18-8-7-9-20(14-18)25(4,5)6/h7-9,11-12,14-15,28H,10,13,16-17H2,1-6H3. The number of amides is 1. The first kappa shape index (κ1) is 23.3. The summed E-state index contributed by atoms with van der Waals surface area (Å²) in [4.78, 5) is 15.0. The molecule has 0 unspecified atom stereocenters. The highest BCUT2D eigenvalue weighted by atomic mass is 35.5. The number of hydrogen-bond acceptors (Lipinski definition) is 2. The number of phenols is 1. The summed E-state index contributed by atoms with van der Waals surface area (Å²) in [5.41, 5.74) is 3.38. The van der Waals surface area contributed by atoms with Crippen LogP contribution in [0.4, 0.5) is 0 Å². The quantitative estimate of drug-likeness (QED) is 0.597. The second kappa shape index (κ2) is 9.21. The molecule has 2 rings (SSSR count). The van der Waals surface area contributed by atoms with Gasteiger partial charge in [0, 0.05) is 24.5 Å². The van der Waals surface area contributed by atoms with E-state index in [1.54, 1.807) is 12.1 Å². The number of carbonyl (C=O) groups excluding carboxylic acids is 1. The molecule has 1 amide bonds. The number of aromatic hydroxyl groups is 1. The lowest BCUT2D eigenvalue weighted by atomic mass is 9.86. The fourth-order valence-electron chi connectivity index (χ4n) is 3.28. The first-order valence-corrected chi connectivity index (χ1v) is 10.6. The average molecular weight is 416 g/mol. The zero-order valence-corrected chi connectivity index (χ0v) is 19.3. The van der Waals surface area contributed by atoms with Crippen LogP contribution in [0, 0.1) is 5.41 Å². The van der Waals surface area contributed by atoms with E-state index in [9.17, 15) is 9.90 Å². The minimum atomic E-state index is -0.0226. The van der Waals surface area contributed by atoms with Crippen LogP contribution < -0.4 is 0 Å². The van der Waals surface area contributed by atoms with Crippen LogP contribution >= 0.6 is 11.6 Å². The van der Waals surface area contributed by atoms with Gasteiger partial charge in [-0.1, -0.05) is 83.5 Å². The van der Waals surface area contributed by atoms with Gasteiger partial charge < -0.3 is 10.0 Å². The van der Waals surface area contributed by atoms with Gasteiger partial charge in [0.2, 0.25) is 5.91 Å². The fraction of sp³-hybridized carbons (Fsp3) is 0.480. The topological polar surface area (TPSA) is 40.5 Å². The molecule has 4 heteroatoms. The molecule has 0 radical (unpaired) electrons. The van der Waals surface area contributed by atoms with Crippen LogP contribution in [-0.2, 0) is 23.2 Å². The van der Waals surface area contributed by atoms with E-state index in [0.717, 1.165) is 5.56 Å². The number of rotatable bonds is 6. The van der Waals surface area contributed by atoms with Crippen LogP contribution in [0.1, 0.15) is 64.7 Å². The lowest BCUT2D eigenvalue weighted by Gasteiger charge is -2.30. The molecule has 29 heavy (non-hydrogen) atoms. The number of carbonyl (C=O) groups is 1. The van der Waals surface area contributed by atoms with Gasteiger partial charge in [0.1, 0.15) is 5.75 Å². The van der Waals surface area contributed by atoms with Gasteiger partial charge in [0.25, 0.3) is 0 Å². The Labute approximate surface area is 180 Å². The Balaban J connectivity index is 2.13. The van der Waals surface area contributed by atoms with Crippen molar-refractivity contribution in [2.45, 2.75) is 66.3 Å². The lowest BCUT2D eigenvalue weighted by molar-refractivity contribution is -0.133. The molecule has 0 heterocycles. The number of aryl methyl sites for hydroxylation is 1. The van der Waals surface area contributed by atoms with E-state index < -0.39 is 0 Å². The van der Waals surface area contributed by atoms with Gasteiger partial charge in [-0.05, 0) is 46.1 Å². The molecule has 2 aromatic rings. The SMILES string of the molecule is CC(C)(C)CN(Cc1ccc(O)cc1Cl)C(=O)CCc1cccc(C(C)(C)C)c1. The van der Waals surface area contributed by atoms with Crippen molar-refractivity contribution in [3.05, 3.63) is 64.2 Å². The van der Waals surface area contributed by atoms with Crippen molar-refractivity contribution >= 4 is 17.5 Å². The molecule has 0 atom stereocenters. The molecule has 0 aliphatic carbocycles. The second-order valence-corrected chi connectivity index (χ2v) is 10.4. The summed E-state index contributed by atoms with van der Waals surface area (Å²) in [7, 11) is 0. The summed E-state index contributed by atoms with van der Waals surface area (Å²) in [5, 5.41) is 10.1. The van der Waals surface area contributed by atoms with E-state index in [1.807, 2.05) is 4.90 Å². The average Bonchev–Trinajstić information content (AvgIpc) is 2.59. The minimum absolute atomic E-state index is 0.0226. The summed E-state index contributed by atoms with van der Waals surface area (Å²) < 4.78 is 0. The second-order valence-electron chi connectivity index (χ2n) is 10.0. The number of halogens is 1. The molecular weight excluding hydrogens is 382 g/mol. The number of phenolic OH excluding ortho intramolecular Hbond substituents is 1. The normalized spacial score (nSPS) is 12.1. The summed E-state index contributed by atoms with van der Waals surface area (Å²) in [6.45, 7) is 14.1. The van der Waals surface area contributed by atoms with E-state index in [2.05, 4.69) is 65.8 Å². The van der Waals surface area contributed by atoms with Gasteiger partial charge >= 0.3 is 0 Å². The van der Waals surface area contributed by atoms with Gasteiger partial charge in [-0.25, -0.2) is 0 Å². The summed E-state index contributed by atoms with van der Waals surface area (Å²) in [6.07, 6.45) is 1.17. The lowest BCUT2D eigenvalue weighted by Crippen LogP contribution is -2.37. The van der Waals surface area contributed by atoms with Crippen molar-refractivity contribution < 1.29 is 9.90 Å². The van der Waals surface area contributed by atoms with E-state index >= 15 is 0 Å². The van der Waals surface area contributed by atoms with Crippen LogP contribution in [0.2, 0.25) is 5.02 Å². The predicted molar refractivity (Wildman–Crippen MR) is 121 cm³/mol. The Kier molecular flexibility index (Phi) is 7.40. The van der Waals surface area contributed by atoms with E-state index in [1.165, 1.54) is 17.2 Å². The third kappa shape index (κ3) is 7.40. The highest BCUT2D eigenvalue weighted by Gasteiger charge is 2.22. The fourth-order valence-corrected chi connectivity index (χ4v) is 3.51. The molecule has 0 saturated carbocycles. The first-order chi connectivity index (χ1) is 13.3. The number of hydrogen-bond donors (Lipinski definition) is 1. The van der Waals surface area contributed by atoms with Gasteiger partial charge in [0.05, 0.1) is 0 Å². The molecule has 0 aromatic heterocycles. The Morgan fingerprint density at radius 2 is 1.72 bits per heavy atom. The van der Waals surface area contributed by atoms with Crippen molar-refractivity contribution in [3.63, 3.8) is 0 Å². The van der Waals surface area contributed by atoms with E-state index in [-0.39, 0.29) is 22.5 Å². The Bertz CT molecular complexity index is 847. The molecule has 3 nitrogen and oxygen atoms in total. The molecule has 158 valence electrons. The molecule has 0 aliphatic rings. The first-order valence-electron chi connectivity index (χ1n) is 10.2. The van der Waals surface area contributed by atoms with Gasteiger partial charge in [-0.2, -0.15) is 0 Å². The van der Waals surface area contributed by atoms with Crippen molar-refractivity contribution in [3.8, 4) is 5.75 Å². The molecule has 0 spiro atoms. The molecule has 1 N–H and O–H groups in total. The third-order valence-electron chi connectivity index (χ3n) is 4.84. The smallest absolute Gasteiger partial charge is 0.223 e. The predicted octanol–water partition coefficient (Wildman–Crippen LogP) is 6.35. The van der Waals surface area contributed by atoms with Gasteiger partial charge in [-0.15, -0.1) is 0 Å². The van der Waals surface area contributed by atoms with E-state index in [0.29, 0.717) is 31.0 Å². The summed E-state index contributed by atoms with van der Waals surface area (Å²) in [6, 6.07) is 13.4. The number of nitrogens with zero attached hydrogens (tertiary/aromatic N) is 1. The highest BCUT2D eigenvalue weighted by Crippen LogP contribution is 2.26. The Hall–Kier alpha value is -2.00. The van der Waals surface area contributed by atoms with Crippen LogP contribution in [0.5, 0.6) is 5.75 Å². The monoisotopic (exact) mass is 415 g/mol. The Morgan fingerprint density at radius 1 is 1.03 bits per heavy atom. The van der Waals surface area contributed by atoms with Crippen molar-refractivity contribution in [1.82, 2.24) is 4.90 Å². The van der Waals surface area contributed by atoms with Crippen LogP contribution in [0.15, 0.2) is 42.5 Å². The molecule has 2 aromatic carbocycles. The molecule has 0 aliphatic heterocycles. The van der Waals surface area contributed by atoms with E-state index in [4.69, 9.17) is 11.6 Å². The maximum atomic E-state index is 13.1. The zero-order chi connectivity index (χ0) is 21.8. The van der Waals surface area contributed by atoms with Crippen LogP contribution in [0.3, 0.4) is 0 Å². The maximum absolute atomic E-state index is 13.1. The van der Waals surface area contributed by atoms with Gasteiger partial charge in [0.15, 0.2) is 0 Å². The highest BCUT2D eigenvalue weighted by molar-refractivity contribution is 6.31. The molecular formula is C25H34ClNO2. The van der Waals surface area contributed by atoms with Crippen molar-refractivity contribution in [1.29, 1.82) is 0 Å². The van der Waals surface area contributed by atoms with Crippen molar-refractivity contribution in [2.24, 2.45) is 5.41 Å². The molecule has 0 fully saturated rings.